The van der Waals surface area contributed by atoms with Gasteiger partial charge in [-0.25, -0.2) is 4.68 Å². The van der Waals surface area contributed by atoms with Crippen molar-refractivity contribution in [2.24, 2.45) is 0 Å². The predicted octanol–water partition coefficient (Wildman–Crippen LogP) is 3.31. The van der Waals surface area contributed by atoms with Crippen LogP contribution < -0.4 is 10.9 Å². The molecule has 1 aliphatic carbocycles. The fourth-order valence-corrected chi connectivity index (χ4v) is 6.65. The molecule has 8 heteroatoms. The molecule has 1 saturated carbocycles. The smallest absolute Gasteiger partial charge is 0.278 e. The third-order valence-electron chi connectivity index (χ3n) is 7.46. The van der Waals surface area contributed by atoms with Gasteiger partial charge < -0.3 is 20.2 Å². The van der Waals surface area contributed by atoms with E-state index >= 15 is 0 Å². The number of carbonyl (C=O) groups excluding carboxylic acids is 1. The molecule has 172 valence electrons. The molecule has 7 rings (SSSR count). The van der Waals surface area contributed by atoms with E-state index in [9.17, 15) is 14.7 Å². The van der Waals surface area contributed by atoms with Crippen LogP contribution in [-0.4, -0.2) is 45.5 Å². The minimum Gasteiger partial charge on any atom is -0.502 e. The van der Waals surface area contributed by atoms with Gasteiger partial charge in [0.05, 0.1) is 24.4 Å². The van der Waals surface area contributed by atoms with E-state index in [4.69, 9.17) is 4.74 Å². The molecule has 34 heavy (non-hydrogen) atoms. The Kier molecular flexibility index (Phi) is 4.23. The fraction of sp³-hybridized carbons (Fsp3) is 0.308. The molecule has 0 bridgehead atoms. The third-order valence-corrected chi connectivity index (χ3v) is 8.62. The molecule has 2 N–H and O–H groups in total. The molecule has 4 heterocycles. The lowest BCUT2D eigenvalue weighted by Crippen LogP contribution is -2.64. The van der Waals surface area contributed by atoms with Gasteiger partial charge in [-0.1, -0.05) is 36.4 Å². The summed E-state index contributed by atoms with van der Waals surface area (Å²) in [5.74, 6) is 0.00271. The van der Waals surface area contributed by atoms with E-state index in [1.807, 2.05) is 30.0 Å². The number of hydrogen-bond donors (Lipinski definition) is 2. The second-order valence-corrected chi connectivity index (χ2v) is 10.5. The standard InChI is InChI=1S/C26H23N3O4S/c30-20-11-19(17-6-3-5-16-13-34-21-7-2-1-4-15(21)10-18(16)17)29-23(24(20)31)25(32)28-22(27-29)12-33-14-26(28)8-9-26/h1-7,11,22,27,31H,8-10,12-14H2/t22-/m0/s1. The highest BCUT2D eigenvalue weighted by Gasteiger charge is 2.57. The third kappa shape index (κ3) is 2.82. The number of pyridine rings is 1. The van der Waals surface area contributed by atoms with Crippen molar-refractivity contribution >= 4 is 17.7 Å². The minimum absolute atomic E-state index is 0.00734. The Bertz CT molecular complexity index is 1430. The summed E-state index contributed by atoms with van der Waals surface area (Å²) in [7, 11) is 0. The topological polar surface area (TPSA) is 83.8 Å². The van der Waals surface area contributed by atoms with Crippen LogP contribution in [0.25, 0.3) is 11.3 Å². The zero-order valence-corrected chi connectivity index (χ0v) is 19.2. The summed E-state index contributed by atoms with van der Waals surface area (Å²) < 4.78 is 7.44. The molecule has 3 aromatic rings. The van der Waals surface area contributed by atoms with Gasteiger partial charge in [-0.3, -0.25) is 9.59 Å². The number of nitrogens with zero attached hydrogens (tertiary/aromatic N) is 2. The maximum Gasteiger partial charge on any atom is 0.278 e. The molecule has 1 aromatic heterocycles. The van der Waals surface area contributed by atoms with Crippen molar-refractivity contribution in [2.45, 2.75) is 41.6 Å². The number of amides is 1. The fourth-order valence-electron chi connectivity index (χ4n) is 5.56. The van der Waals surface area contributed by atoms with Gasteiger partial charge >= 0.3 is 0 Å². The van der Waals surface area contributed by atoms with Gasteiger partial charge in [-0.2, -0.15) is 0 Å². The summed E-state index contributed by atoms with van der Waals surface area (Å²) >= 11 is 1.81. The van der Waals surface area contributed by atoms with Gasteiger partial charge in [0.25, 0.3) is 5.91 Å². The largest absolute Gasteiger partial charge is 0.502 e. The maximum atomic E-state index is 13.7. The number of fused-ring (bicyclic) bond motifs is 5. The van der Waals surface area contributed by atoms with E-state index < -0.39 is 11.2 Å². The lowest BCUT2D eigenvalue weighted by Gasteiger charge is -2.47. The van der Waals surface area contributed by atoms with Crippen molar-refractivity contribution in [1.29, 1.82) is 0 Å². The molecule has 1 amide bonds. The first-order valence-electron chi connectivity index (χ1n) is 11.5. The number of rotatable bonds is 1. The van der Waals surface area contributed by atoms with E-state index in [0.29, 0.717) is 18.9 Å². The second kappa shape index (κ2) is 7.13. The number of aromatic nitrogens is 1. The van der Waals surface area contributed by atoms with E-state index in [2.05, 4.69) is 29.7 Å². The quantitative estimate of drug-likeness (QED) is 0.564. The summed E-state index contributed by atoms with van der Waals surface area (Å²) in [6.45, 7) is 0.848. The zero-order chi connectivity index (χ0) is 23.0. The number of hydrogen-bond acceptors (Lipinski definition) is 6. The number of benzene rings is 2. The van der Waals surface area contributed by atoms with Crippen molar-refractivity contribution in [3.63, 3.8) is 0 Å². The van der Waals surface area contributed by atoms with Crippen LogP contribution in [0, 0.1) is 0 Å². The minimum atomic E-state index is -0.547. The van der Waals surface area contributed by atoms with Gasteiger partial charge in [-0.05, 0) is 42.0 Å². The molecule has 1 saturated heterocycles. The summed E-state index contributed by atoms with van der Waals surface area (Å²) in [4.78, 5) is 29.6. The molecular formula is C26H23N3O4S. The molecular weight excluding hydrogens is 450 g/mol. The number of ether oxygens (including phenoxy) is 1. The second-order valence-electron chi connectivity index (χ2n) is 9.50. The normalized spacial score (nSPS) is 21.6. The van der Waals surface area contributed by atoms with Crippen LogP contribution in [0.15, 0.2) is 58.2 Å². The Balaban J connectivity index is 1.43. The van der Waals surface area contributed by atoms with Gasteiger partial charge in [0.1, 0.15) is 6.17 Å². The highest BCUT2D eigenvalue weighted by atomic mass is 32.2. The van der Waals surface area contributed by atoms with Crippen LogP contribution in [-0.2, 0) is 16.9 Å². The predicted molar refractivity (Wildman–Crippen MR) is 129 cm³/mol. The van der Waals surface area contributed by atoms with E-state index in [-0.39, 0.29) is 23.3 Å². The van der Waals surface area contributed by atoms with E-state index in [1.165, 1.54) is 22.1 Å². The first-order chi connectivity index (χ1) is 16.6. The molecule has 2 fully saturated rings. The van der Waals surface area contributed by atoms with Gasteiger partial charge in [0.2, 0.25) is 5.43 Å². The first-order valence-corrected chi connectivity index (χ1v) is 12.5. The van der Waals surface area contributed by atoms with Crippen molar-refractivity contribution in [3.05, 3.63) is 81.1 Å². The number of morpholine rings is 1. The summed E-state index contributed by atoms with van der Waals surface area (Å²) in [6.07, 6.45) is 2.11. The Morgan fingerprint density at radius 2 is 1.91 bits per heavy atom. The number of nitrogens with one attached hydrogen (secondary N) is 1. The maximum absolute atomic E-state index is 13.7. The average Bonchev–Trinajstić information content (AvgIpc) is 3.63. The highest BCUT2D eigenvalue weighted by molar-refractivity contribution is 7.98. The van der Waals surface area contributed by atoms with Crippen molar-refractivity contribution in [2.75, 3.05) is 18.6 Å². The molecule has 0 unspecified atom stereocenters. The molecule has 1 atom stereocenters. The van der Waals surface area contributed by atoms with Gasteiger partial charge in [0, 0.05) is 22.3 Å². The molecule has 0 radical (unpaired) electrons. The Hall–Kier alpha value is -3.23. The van der Waals surface area contributed by atoms with E-state index in [0.717, 1.165) is 36.1 Å². The first kappa shape index (κ1) is 20.2. The van der Waals surface area contributed by atoms with Crippen molar-refractivity contribution in [3.8, 4) is 17.0 Å². The number of aromatic hydroxyl groups is 1. The zero-order valence-electron chi connectivity index (χ0n) is 18.4. The average molecular weight is 474 g/mol. The summed E-state index contributed by atoms with van der Waals surface area (Å²) in [5.41, 5.74) is 7.58. The Labute approximate surface area is 200 Å². The lowest BCUT2D eigenvalue weighted by atomic mass is 9.93. The van der Waals surface area contributed by atoms with Crippen LogP contribution in [0.1, 0.15) is 40.0 Å². The monoisotopic (exact) mass is 473 g/mol. The summed E-state index contributed by atoms with van der Waals surface area (Å²) in [6, 6.07) is 15.9. The Morgan fingerprint density at radius 3 is 2.76 bits per heavy atom. The summed E-state index contributed by atoms with van der Waals surface area (Å²) in [5, 5.41) is 10.7. The molecule has 1 spiro atoms. The molecule has 4 aliphatic rings. The molecule has 7 nitrogen and oxygen atoms in total. The van der Waals surface area contributed by atoms with Crippen LogP contribution in [0.2, 0.25) is 0 Å². The lowest BCUT2D eigenvalue weighted by molar-refractivity contribution is -0.0463. The number of carbonyl (C=O) groups is 1. The van der Waals surface area contributed by atoms with Crippen LogP contribution >= 0.6 is 11.8 Å². The number of thioether (sulfide) groups is 1. The SMILES string of the molecule is O=C1c2c(O)c(=O)cc(-c3cccc4c3Cc3ccccc3SC4)n2N[C@@H]2COCC3(CC3)N12. The van der Waals surface area contributed by atoms with Gasteiger partial charge in [-0.15, -0.1) is 11.8 Å². The van der Waals surface area contributed by atoms with Gasteiger partial charge in [0.15, 0.2) is 11.4 Å². The van der Waals surface area contributed by atoms with Crippen LogP contribution in [0.3, 0.4) is 0 Å². The molecule has 2 aromatic carbocycles. The Morgan fingerprint density at radius 1 is 1.09 bits per heavy atom. The highest BCUT2D eigenvalue weighted by Crippen LogP contribution is 2.47. The van der Waals surface area contributed by atoms with Crippen LogP contribution in [0.5, 0.6) is 5.75 Å². The van der Waals surface area contributed by atoms with E-state index in [1.54, 1.807) is 9.58 Å². The van der Waals surface area contributed by atoms with Crippen molar-refractivity contribution < 1.29 is 14.6 Å². The van der Waals surface area contributed by atoms with Crippen LogP contribution in [0.4, 0.5) is 0 Å². The molecule has 3 aliphatic heterocycles. The van der Waals surface area contributed by atoms with Crippen molar-refractivity contribution in [1.82, 2.24) is 9.58 Å².